The van der Waals surface area contributed by atoms with Crippen LogP contribution in [0.4, 0.5) is 0 Å². The summed E-state index contributed by atoms with van der Waals surface area (Å²) in [6, 6.07) is 0.121. The van der Waals surface area contributed by atoms with Crippen LogP contribution in [0.25, 0.3) is 0 Å². The van der Waals surface area contributed by atoms with Crippen molar-refractivity contribution < 1.29 is 4.79 Å². The SMILES string of the molecule is CC(Cl)C(=O)NCCl. The van der Waals surface area contributed by atoms with Crippen LogP contribution < -0.4 is 5.32 Å². The Labute approximate surface area is 58.2 Å². The zero-order valence-corrected chi connectivity index (χ0v) is 5.96. The number of carbonyl (C=O) groups is 1. The van der Waals surface area contributed by atoms with Gasteiger partial charge in [-0.1, -0.05) is 0 Å². The molecule has 0 aliphatic heterocycles. The summed E-state index contributed by atoms with van der Waals surface area (Å²) in [5.74, 6) is -0.235. The Morgan fingerprint density at radius 1 is 1.88 bits per heavy atom. The molecule has 0 aliphatic rings. The lowest BCUT2D eigenvalue weighted by atomic mass is 10.4. The molecule has 48 valence electrons. The van der Waals surface area contributed by atoms with Crippen LogP contribution in [0, 0.1) is 0 Å². The van der Waals surface area contributed by atoms with E-state index in [2.05, 4.69) is 5.32 Å². The van der Waals surface area contributed by atoms with Gasteiger partial charge in [0.1, 0.15) is 5.38 Å². The lowest BCUT2D eigenvalue weighted by Gasteiger charge is -1.99. The number of hydrogen-bond acceptors (Lipinski definition) is 1. The molecule has 1 amide bonds. The summed E-state index contributed by atoms with van der Waals surface area (Å²) >= 11 is 10.5. The van der Waals surface area contributed by atoms with Crippen molar-refractivity contribution in [1.82, 2.24) is 5.32 Å². The van der Waals surface area contributed by atoms with Crippen molar-refractivity contribution >= 4 is 29.1 Å². The Bertz CT molecular complexity index is 84.1. The largest absolute Gasteiger partial charge is 0.341 e. The molecule has 1 unspecified atom stereocenters. The van der Waals surface area contributed by atoms with E-state index in [0.29, 0.717) is 0 Å². The summed E-state index contributed by atoms with van der Waals surface area (Å²) in [7, 11) is 0. The molecule has 0 aliphatic carbocycles. The maximum Gasteiger partial charge on any atom is 0.238 e. The molecule has 4 heteroatoms. The smallest absolute Gasteiger partial charge is 0.238 e. The maximum atomic E-state index is 10.4. The first-order valence-corrected chi connectivity index (χ1v) is 3.13. The minimum Gasteiger partial charge on any atom is -0.341 e. The topological polar surface area (TPSA) is 29.1 Å². The van der Waals surface area contributed by atoms with Crippen LogP contribution in [-0.4, -0.2) is 17.3 Å². The summed E-state index contributed by atoms with van der Waals surface area (Å²) in [5.41, 5.74) is 0. The number of nitrogens with one attached hydrogen (secondary N) is 1. The Morgan fingerprint density at radius 2 is 2.38 bits per heavy atom. The van der Waals surface area contributed by atoms with E-state index in [1.54, 1.807) is 6.92 Å². The lowest BCUT2D eigenvalue weighted by molar-refractivity contribution is -0.120. The van der Waals surface area contributed by atoms with Crippen molar-refractivity contribution in [2.75, 3.05) is 6.00 Å². The average molecular weight is 156 g/mol. The second-order valence-corrected chi connectivity index (χ2v) is 2.21. The quantitative estimate of drug-likeness (QED) is 0.467. The highest BCUT2D eigenvalue weighted by Gasteiger charge is 2.05. The molecular formula is C4H7Cl2NO. The minimum absolute atomic E-state index is 0.121. The molecule has 0 aromatic carbocycles. The Hall–Kier alpha value is 0.0500. The molecule has 2 nitrogen and oxygen atoms in total. The molecule has 8 heavy (non-hydrogen) atoms. The number of rotatable bonds is 2. The number of hydrogen-bond donors (Lipinski definition) is 1. The average Bonchev–Trinajstić information content (AvgIpc) is 1.67. The number of amides is 1. The van der Waals surface area contributed by atoms with Crippen molar-refractivity contribution in [2.45, 2.75) is 12.3 Å². The highest BCUT2D eigenvalue weighted by atomic mass is 35.5. The Kier molecular flexibility index (Phi) is 4.01. The normalized spacial score (nSPS) is 12.9. The first-order chi connectivity index (χ1) is 3.68. The summed E-state index contributed by atoms with van der Waals surface area (Å²) in [6.07, 6.45) is 0. The highest BCUT2D eigenvalue weighted by Crippen LogP contribution is 1.91. The molecule has 0 aromatic heterocycles. The van der Waals surface area contributed by atoms with Gasteiger partial charge < -0.3 is 5.32 Å². The molecule has 0 saturated heterocycles. The molecule has 0 bridgehead atoms. The fourth-order valence-corrected chi connectivity index (χ4v) is 0.415. The third kappa shape index (κ3) is 3.10. The standard InChI is InChI=1S/C4H7Cl2NO/c1-3(6)4(8)7-2-5/h3H,2H2,1H3,(H,7,8). The summed E-state index contributed by atoms with van der Waals surface area (Å²) in [4.78, 5) is 10.4. The third-order valence-corrected chi connectivity index (χ3v) is 0.934. The maximum absolute atomic E-state index is 10.4. The predicted molar refractivity (Wildman–Crippen MR) is 34.2 cm³/mol. The summed E-state index contributed by atoms with van der Waals surface area (Å²) < 4.78 is 0. The van der Waals surface area contributed by atoms with Gasteiger partial charge in [-0.3, -0.25) is 4.79 Å². The van der Waals surface area contributed by atoms with E-state index in [-0.39, 0.29) is 11.9 Å². The van der Waals surface area contributed by atoms with E-state index >= 15 is 0 Å². The zero-order chi connectivity index (χ0) is 6.57. The predicted octanol–water partition coefficient (Wildman–Crippen LogP) is 0.926. The number of carbonyl (C=O) groups excluding carboxylic acids is 1. The molecular weight excluding hydrogens is 149 g/mol. The minimum atomic E-state index is -0.492. The fourth-order valence-electron chi connectivity index (χ4n) is 0.206. The fraction of sp³-hybridized carbons (Fsp3) is 0.750. The molecule has 0 spiro atoms. The highest BCUT2D eigenvalue weighted by molar-refractivity contribution is 6.31. The van der Waals surface area contributed by atoms with Gasteiger partial charge in [0.2, 0.25) is 5.91 Å². The van der Waals surface area contributed by atoms with Gasteiger partial charge in [-0.25, -0.2) is 0 Å². The van der Waals surface area contributed by atoms with Gasteiger partial charge >= 0.3 is 0 Å². The van der Waals surface area contributed by atoms with Crippen molar-refractivity contribution in [1.29, 1.82) is 0 Å². The molecule has 1 N–H and O–H groups in total. The van der Waals surface area contributed by atoms with Crippen molar-refractivity contribution in [3.8, 4) is 0 Å². The zero-order valence-electron chi connectivity index (χ0n) is 4.45. The lowest BCUT2D eigenvalue weighted by Crippen LogP contribution is -2.28. The van der Waals surface area contributed by atoms with Crippen molar-refractivity contribution in [3.05, 3.63) is 0 Å². The van der Waals surface area contributed by atoms with Crippen LogP contribution in [0.2, 0.25) is 0 Å². The molecule has 0 aromatic rings. The van der Waals surface area contributed by atoms with Gasteiger partial charge in [0, 0.05) is 0 Å². The molecule has 0 rings (SSSR count). The van der Waals surface area contributed by atoms with Crippen LogP contribution in [0.1, 0.15) is 6.92 Å². The van der Waals surface area contributed by atoms with Crippen LogP contribution in [0.3, 0.4) is 0 Å². The van der Waals surface area contributed by atoms with Crippen LogP contribution in [0.5, 0.6) is 0 Å². The van der Waals surface area contributed by atoms with Gasteiger partial charge in [-0.05, 0) is 6.92 Å². The second-order valence-electron chi connectivity index (χ2n) is 1.29. The number of alkyl halides is 2. The molecule has 0 saturated carbocycles. The molecule has 0 fully saturated rings. The van der Waals surface area contributed by atoms with E-state index < -0.39 is 5.38 Å². The Morgan fingerprint density at radius 3 is 2.50 bits per heavy atom. The van der Waals surface area contributed by atoms with Gasteiger partial charge in [0.05, 0.1) is 6.00 Å². The monoisotopic (exact) mass is 155 g/mol. The van der Waals surface area contributed by atoms with Crippen LogP contribution in [-0.2, 0) is 4.79 Å². The third-order valence-electron chi connectivity index (χ3n) is 0.602. The first-order valence-electron chi connectivity index (χ1n) is 2.16. The van der Waals surface area contributed by atoms with Gasteiger partial charge in [0.15, 0.2) is 0 Å². The van der Waals surface area contributed by atoms with Crippen LogP contribution >= 0.6 is 23.2 Å². The van der Waals surface area contributed by atoms with Crippen molar-refractivity contribution in [2.24, 2.45) is 0 Å². The van der Waals surface area contributed by atoms with Crippen LogP contribution in [0.15, 0.2) is 0 Å². The summed E-state index contributed by atoms with van der Waals surface area (Å²) in [6.45, 7) is 1.59. The van der Waals surface area contributed by atoms with Gasteiger partial charge in [0.25, 0.3) is 0 Å². The molecule has 0 radical (unpaired) electrons. The van der Waals surface area contributed by atoms with Gasteiger partial charge in [-0.2, -0.15) is 0 Å². The van der Waals surface area contributed by atoms with E-state index in [1.165, 1.54) is 0 Å². The number of halogens is 2. The Balaban J connectivity index is 3.33. The summed E-state index contributed by atoms with van der Waals surface area (Å²) in [5, 5.41) is 1.85. The molecule has 1 atom stereocenters. The second kappa shape index (κ2) is 3.98. The van der Waals surface area contributed by atoms with E-state index in [0.717, 1.165) is 0 Å². The van der Waals surface area contributed by atoms with E-state index in [4.69, 9.17) is 23.2 Å². The van der Waals surface area contributed by atoms with E-state index in [9.17, 15) is 4.79 Å². The van der Waals surface area contributed by atoms with Gasteiger partial charge in [-0.15, -0.1) is 23.2 Å². The van der Waals surface area contributed by atoms with E-state index in [1.807, 2.05) is 0 Å². The first kappa shape index (κ1) is 8.05. The van der Waals surface area contributed by atoms with Crippen molar-refractivity contribution in [3.63, 3.8) is 0 Å². The molecule has 0 heterocycles.